The number of nitrogens with zero attached hydrogens (tertiary/aromatic N) is 2. The fourth-order valence-electron chi connectivity index (χ4n) is 3.00. The van der Waals surface area contributed by atoms with Gasteiger partial charge in [0.05, 0.1) is 13.2 Å². The third-order valence-corrected chi connectivity index (χ3v) is 4.46. The molecule has 6 heteroatoms. The predicted molar refractivity (Wildman–Crippen MR) is 98.7 cm³/mol. The molecule has 2 rings (SSSR count). The Labute approximate surface area is 150 Å². The number of benzene rings is 1. The Bertz CT molecular complexity index is 571. The average molecular weight is 347 g/mol. The van der Waals surface area contributed by atoms with E-state index < -0.39 is 0 Å². The number of amides is 2. The van der Waals surface area contributed by atoms with Crippen molar-refractivity contribution in [1.82, 2.24) is 10.2 Å². The standard InChI is InChI=1S/C19H29N3O3/c1-3-17-6-4-5-7-18(17)22(16(2)23)10-8-19(24)20-9-11-21-12-14-25-15-13-21/h4-7H,3,8-15H2,1-2H3,(H,20,24). The summed E-state index contributed by atoms with van der Waals surface area (Å²) in [6.07, 6.45) is 1.16. The van der Waals surface area contributed by atoms with Gasteiger partial charge in [-0.3, -0.25) is 14.5 Å². The summed E-state index contributed by atoms with van der Waals surface area (Å²) in [6.45, 7) is 8.84. The molecule has 0 spiro atoms. The number of hydrogen-bond donors (Lipinski definition) is 1. The Hall–Kier alpha value is -1.92. The van der Waals surface area contributed by atoms with Crippen molar-refractivity contribution in [3.8, 4) is 0 Å². The number of ether oxygens (including phenoxy) is 1. The van der Waals surface area contributed by atoms with Gasteiger partial charge in [-0.15, -0.1) is 0 Å². The number of hydrogen-bond acceptors (Lipinski definition) is 4. The van der Waals surface area contributed by atoms with Gasteiger partial charge in [-0.25, -0.2) is 0 Å². The summed E-state index contributed by atoms with van der Waals surface area (Å²) in [6, 6.07) is 7.86. The highest BCUT2D eigenvalue weighted by atomic mass is 16.5. The number of carbonyl (C=O) groups is 2. The average Bonchev–Trinajstić information content (AvgIpc) is 2.63. The van der Waals surface area contributed by atoms with Crippen LogP contribution in [-0.4, -0.2) is 62.7 Å². The van der Waals surface area contributed by atoms with Crippen LogP contribution in [-0.2, 0) is 20.7 Å². The molecule has 138 valence electrons. The van der Waals surface area contributed by atoms with Crippen molar-refractivity contribution in [2.24, 2.45) is 0 Å². The Kier molecular flexibility index (Phi) is 7.88. The van der Waals surface area contributed by atoms with Crippen molar-refractivity contribution < 1.29 is 14.3 Å². The van der Waals surface area contributed by atoms with Crippen molar-refractivity contribution in [3.63, 3.8) is 0 Å². The van der Waals surface area contributed by atoms with Crippen LogP contribution in [0.25, 0.3) is 0 Å². The first-order valence-corrected chi connectivity index (χ1v) is 9.04. The van der Waals surface area contributed by atoms with Crippen molar-refractivity contribution in [2.45, 2.75) is 26.7 Å². The van der Waals surface area contributed by atoms with Crippen LogP contribution in [0.15, 0.2) is 24.3 Å². The van der Waals surface area contributed by atoms with Crippen LogP contribution in [0.1, 0.15) is 25.8 Å². The lowest BCUT2D eigenvalue weighted by atomic mass is 10.1. The first-order chi connectivity index (χ1) is 12.1. The van der Waals surface area contributed by atoms with Crippen molar-refractivity contribution in [1.29, 1.82) is 0 Å². The zero-order valence-corrected chi connectivity index (χ0v) is 15.3. The smallest absolute Gasteiger partial charge is 0.223 e. The summed E-state index contributed by atoms with van der Waals surface area (Å²) in [5, 5.41) is 2.94. The van der Waals surface area contributed by atoms with Gasteiger partial charge in [0.2, 0.25) is 11.8 Å². The summed E-state index contributed by atoms with van der Waals surface area (Å²) in [5.74, 6) is -0.0597. The molecule has 0 atom stereocenters. The fourth-order valence-corrected chi connectivity index (χ4v) is 3.00. The highest BCUT2D eigenvalue weighted by molar-refractivity contribution is 5.93. The summed E-state index contributed by atoms with van der Waals surface area (Å²) >= 11 is 0. The van der Waals surface area contributed by atoms with Gasteiger partial charge in [-0.05, 0) is 18.1 Å². The molecular weight excluding hydrogens is 318 g/mol. The van der Waals surface area contributed by atoms with Gasteiger partial charge in [0.25, 0.3) is 0 Å². The number of aryl methyl sites for hydroxylation is 1. The highest BCUT2D eigenvalue weighted by Crippen LogP contribution is 2.21. The number of rotatable bonds is 8. The molecule has 1 aliphatic rings. The molecule has 25 heavy (non-hydrogen) atoms. The number of anilines is 1. The molecule has 1 N–H and O–H groups in total. The van der Waals surface area contributed by atoms with Crippen LogP contribution in [0.5, 0.6) is 0 Å². The number of carbonyl (C=O) groups excluding carboxylic acids is 2. The molecule has 0 aliphatic carbocycles. The maximum Gasteiger partial charge on any atom is 0.223 e. The Morgan fingerprint density at radius 1 is 1.24 bits per heavy atom. The summed E-state index contributed by atoms with van der Waals surface area (Å²) in [7, 11) is 0. The normalized spacial score (nSPS) is 15.0. The minimum Gasteiger partial charge on any atom is -0.379 e. The van der Waals surface area contributed by atoms with E-state index in [0.29, 0.717) is 19.5 Å². The van der Waals surface area contributed by atoms with E-state index in [9.17, 15) is 9.59 Å². The van der Waals surface area contributed by atoms with Gasteiger partial charge < -0.3 is 15.0 Å². The largest absolute Gasteiger partial charge is 0.379 e. The first-order valence-electron chi connectivity index (χ1n) is 9.04. The third-order valence-electron chi connectivity index (χ3n) is 4.46. The molecule has 1 aromatic rings. The lowest BCUT2D eigenvalue weighted by Gasteiger charge is -2.26. The molecule has 0 bridgehead atoms. The van der Waals surface area contributed by atoms with Crippen LogP contribution < -0.4 is 10.2 Å². The van der Waals surface area contributed by atoms with Gasteiger partial charge in [0.15, 0.2) is 0 Å². The van der Waals surface area contributed by atoms with Crippen LogP contribution in [0.3, 0.4) is 0 Å². The van der Waals surface area contributed by atoms with E-state index in [1.807, 2.05) is 24.3 Å². The summed E-state index contributed by atoms with van der Waals surface area (Å²) in [5.41, 5.74) is 2.02. The molecule has 0 saturated carbocycles. The van der Waals surface area contributed by atoms with Gasteiger partial charge in [0.1, 0.15) is 0 Å². The maximum atomic E-state index is 12.1. The van der Waals surface area contributed by atoms with Gasteiger partial charge >= 0.3 is 0 Å². The first kappa shape index (κ1) is 19.4. The van der Waals surface area contributed by atoms with Gasteiger partial charge in [-0.2, -0.15) is 0 Å². The van der Waals surface area contributed by atoms with E-state index in [1.165, 1.54) is 0 Å². The van der Waals surface area contributed by atoms with Crippen LogP contribution in [0.4, 0.5) is 5.69 Å². The molecule has 1 aromatic carbocycles. The quantitative estimate of drug-likeness (QED) is 0.773. The second-order valence-corrected chi connectivity index (χ2v) is 6.21. The number of para-hydroxylation sites is 1. The summed E-state index contributed by atoms with van der Waals surface area (Å²) < 4.78 is 5.31. The molecule has 1 fully saturated rings. The number of nitrogens with one attached hydrogen (secondary N) is 1. The molecule has 0 radical (unpaired) electrons. The van der Waals surface area contributed by atoms with Crippen molar-refractivity contribution >= 4 is 17.5 Å². The lowest BCUT2D eigenvalue weighted by molar-refractivity contribution is -0.121. The fraction of sp³-hybridized carbons (Fsp3) is 0.579. The van der Waals surface area contributed by atoms with E-state index >= 15 is 0 Å². The Morgan fingerprint density at radius 2 is 1.96 bits per heavy atom. The topological polar surface area (TPSA) is 61.9 Å². The van der Waals surface area contributed by atoms with Gasteiger partial charge in [-0.1, -0.05) is 25.1 Å². The molecule has 1 aliphatic heterocycles. The van der Waals surface area contributed by atoms with Crippen molar-refractivity contribution in [2.75, 3.05) is 50.8 Å². The van der Waals surface area contributed by atoms with Gasteiger partial charge in [0, 0.05) is 51.8 Å². The SMILES string of the molecule is CCc1ccccc1N(CCC(=O)NCCN1CCOCC1)C(C)=O. The second-order valence-electron chi connectivity index (χ2n) is 6.21. The molecule has 0 aromatic heterocycles. The zero-order valence-electron chi connectivity index (χ0n) is 15.3. The molecular formula is C19H29N3O3. The van der Waals surface area contributed by atoms with Crippen LogP contribution >= 0.6 is 0 Å². The Balaban J connectivity index is 1.80. The van der Waals surface area contributed by atoms with E-state index in [-0.39, 0.29) is 11.8 Å². The zero-order chi connectivity index (χ0) is 18.1. The maximum absolute atomic E-state index is 12.1. The van der Waals surface area contributed by atoms with E-state index in [2.05, 4.69) is 17.1 Å². The molecule has 0 unspecified atom stereocenters. The minimum absolute atomic E-state index is 0.0199. The molecule has 2 amide bonds. The predicted octanol–water partition coefficient (Wildman–Crippen LogP) is 1.44. The summed E-state index contributed by atoms with van der Waals surface area (Å²) in [4.78, 5) is 28.1. The Morgan fingerprint density at radius 3 is 2.64 bits per heavy atom. The van der Waals surface area contributed by atoms with Crippen molar-refractivity contribution in [3.05, 3.63) is 29.8 Å². The van der Waals surface area contributed by atoms with Crippen LogP contribution in [0, 0.1) is 0 Å². The van der Waals surface area contributed by atoms with E-state index in [1.54, 1.807) is 11.8 Å². The van der Waals surface area contributed by atoms with E-state index in [4.69, 9.17) is 4.74 Å². The third kappa shape index (κ3) is 6.14. The van der Waals surface area contributed by atoms with Crippen LogP contribution in [0.2, 0.25) is 0 Å². The minimum atomic E-state index is -0.0398. The monoisotopic (exact) mass is 347 g/mol. The lowest BCUT2D eigenvalue weighted by Crippen LogP contribution is -2.42. The second kappa shape index (κ2) is 10.2. The molecule has 6 nitrogen and oxygen atoms in total. The molecule has 1 saturated heterocycles. The van der Waals surface area contributed by atoms with E-state index in [0.717, 1.165) is 50.5 Å². The highest BCUT2D eigenvalue weighted by Gasteiger charge is 2.16. The molecule has 1 heterocycles. The number of morpholine rings is 1.